The van der Waals surface area contributed by atoms with Crippen LogP contribution in [0.1, 0.15) is 28.4 Å². The van der Waals surface area contributed by atoms with Crippen LogP contribution >= 0.6 is 0 Å². The number of carbonyl (C=O) groups is 1. The number of carbonyl (C=O) groups excluding carboxylic acids is 1. The van der Waals surface area contributed by atoms with Crippen molar-refractivity contribution < 1.29 is 14.3 Å². The number of aromatic nitrogens is 2. The maximum Gasteiger partial charge on any atom is 0.331 e. The van der Waals surface area contributed by atoms with Crippen LogP contribution in [0.25, 0.3) is 10.9 Å². The molecule has 3 aromatic carbocycles. The largest absolute Gasteiger partial charge is 0.497 e. The number of nitrogens with zero attached hydrogens (tertiary/aromatic N) is 2. The molecule has 0 saturated heterocycles. The number of rotatable bonds is 8. The van der Waals surface area contributed by atoms with Gasteiger partial charge in [0, 0.05) is 24.7 Å². The van der Waals surface area contributed by atoms with E-state index in [2.05, 4.69) is 5.32 Å². The highest BCUT2D eigenvalue weighted by atomic mass is 16.5. The molecule has 8 heteroatoms. The third-order valence-electron chi connectivity index (χ3n) is 5.83. The summed E-state index contributed by atoms with van der Waals surface area (Å²) in [5.74, 6) is 1.04. The van der Waals surface area contributed by atoms with Gasteiger partial charge in [0.2, 0.25) is 0 Å². The molecule has 4 aromatic rings. The molecule has 180 valence electrons. The van der Waals surface area contributed by atoms with Crippen LogP contribution in [-0.4, -0.2) is 28.8 Å². The van der Waals surface area contributed by atoms with Gasteiger partial charge in [-0.25, -0.2) is 4.79 Å². The number of aryl methyl sites for hydroxylation is 1. The van der Waals surface area contributed by atoms with Crippen molar-refractivity contribution in [3.05, 3.63) is 104 Å². The lowest BCUT2D eigenvalue weighted by molar-refractivity contribution is 0.0951. The van der Waals surface area contributed by atoms with Gasteiger partial charge in [-0.15, -0.1) is 0 Å². The molecule has 0 aliphatic heterocycles. The third kappa shape index (κ3) is 4.96. The molecule has 8 nitrogen and oxygen atoms in total. The minimum Gasteiger partial charge on any atom is -0.497 e. The third-order valence-corrected chi connectivity index (χ3v) is 5.83. The van der Waals surface area contributed by atoms with Gasteiger partial charge in [0.05, 0.1) is 31.2 Å². The van der Waals surface area contributed by atoms with Crippen molar-refractivity contribution in [1.29, 1.82) is 0 Å². The molecular formula is C27H27N3O5. The predicted octanol–water partition coefficient (Wildman–Crippen LogP) is 3.09. The molecule has 0 spiro atoms. The monoisotopic (exact) mass is 473 g/mol. The summed E-state index contributed by atoms with van der Waals surface area (Å²) in [6, 6.07) is 19.5. The number of benzene rings is 3. The number of methoxy groups -OCH3 is 1. The zero-order valence-electron chi connectivity index (χ0n) is 19.9. The van der Waals surface area contributed by atoms with Crippen molar-refractivity contribution in [2.75, 3.05) is 13.7 Å². The fraction of sp³-hybridized carbons (Fsp3) is 0.222. The first kappa shape index (κ1) is 23.8. The maximum atomic E-state index is 13.4. The van der Waals surface area contributed by atoms with Crippen molar-refractivity contribution in [3.63, 3.8) is 0 Å². The van der Waals surface area contributed by atoms with Crippen molar-refractivity contribution >= 4 is 16.8 Å². The van der Waals surface area contributed by atoms with Crippen LogP contribution in [0.15, 0.2) is 76.3 Å². The van der Waals surface area contributed by atoms with E-state index in [0.29, 0.717) is 30.0 Å². The average Bonchev–Trinajstić information content (AvgIpc) is 2.89. The smallest absolute Gasteiger partial charge is 0.331 e. The Morgan fingerprint density at radius 3 is 2.46 bits per heavy atom. The minimum absolute atomic E-state index is 0.0610. The van der Waals surface area contributed by atoms with Crippen molar-refractivity contribution in [2.45, 2.75) is 20.0 Å². The highest BCUT2D eigenvalue weighted by Crippen LogP contribution is 2.19. The molecule has 1 heterocycles. The Kier molecular flexibility index (Phi) is 7.01. The molecule has 0 aliphatic rings. The fourth-order valence-corrected chi connectivity index (χ4v) is 3.93. The van der Waals surface area contributed by atoms with E-state index in [1.165, 1.54) is 15.2 Å². The minimum atomic E-state index is -0.459. The fourth-order valence-electron chi connectivity index (χ4n) is 3.93. The second kappa shape index (κ2) is 10.3. The molecule has 0 radical (unpaired) electrons. The van der Waals surface area contributed by atoms with Gasteiger partial charge in [0.15, 0.2) is 0 Å². The summed E-state index contributed by atoms with van der Waals surface area (Å²) in [6.07, 6.45) is 0. The van der Waals surface area contributed by atoms with E-state index in [4.69, 9.17) is 9.47 Å². The summed E-state index contributed by atoms with van der Waals surface area (Å²) in [7, 11) is 3.20. The van der Waals surface area contributed by atoms with Crippen LogP contribution in [0.5, 0.6) is 11.5 Å². The van der Waals surface area contributed by atoms with E-state index < -0.39 is 11.2 Å². The van der Waals surface area contributed by atoms with Gasteiger partial charge >= 0.3 is 5.69 Å². The molecule has 1 N–H and O–H groups in total. The van der Waals surface area contributed by atoms with Crippen LogP contribution in [-0.2, 0) is 20.1 Å². The lowest BCUT2D eigenvalue weighted by Crippen LogP contribution is -2.39. The van der Waals surface area contributed by atoms with Crippen LogP contribution in [0.4, 0.5) is 0 Å². The summed E-state index contributed by atoms with van der Waals surface area (Å²) in [4.78, 5) is 39.2. The topological polar surface area (TPSA) is 91.6 Å². The summed E-state index contributed by atoms with van der Waals surface area (Å²) >= 11 is 0. The van der Waals surface area contributed by atoms with Gasteiger partial charge < -0.3 is 14.8 Å². The number of para-hydroxylation sites is 1. The summed E-state index contributed by atoms with van der Waals surface area (Å²) in [6.45, 7) is 2.73. The normalized spacial score (nSPS) is 10.8. The van der Waals surface area contributed by atoms with E-state index in [1.807, 2.05) is 49.4 Å². The number of hydrogen-bond acceptors (Lipinski definition) is 5. The van der Waals surface area contributed by atoms with E-state index in [1.54, 1.807) is 32.4 Å². The number of amides is 1. The second-order valence-corrected chi connectivity index (χ2v) is 8.04. The van der Waals surface area contributed by atoms with Crippen molar-refractivity contribution in [3.8, 4) is 11.5 Å². The summed E-state index contributed by atoms with van der Waals surface area (Å²) in [5, 5.41) is 3.16. The number of ether oxygens (including phenoxy) is 2. The highest BCUT2D eigenvalue weighted by Gasteiger charge is 2.15. The molecule has 1 aromatic heterocycles. The van der Waals surface area contributed by atoms with Gasteiger partial charge in [0.25, 0.3) is 11.5 Å². The van der Waals surface area contributed by atoms with Crippen LogP contribution in [0, 0.1) is 0 Å². The Hall–Kier alpha value is -4.33. The quantitative estimate of drug-likeness (QED) is 0.425. The van der Waals surface area contributed by atoms with Crippen LogP contribution in [0.3, 0.4) is 0 Å². The number of nitrogens with one attached hydrogen (secondary N) is 1. The first-order valence-electron chi connectivity index (χ1n) is 11.3. The first-order chi connectivity index (χ1) is 16.9. The van der Waals surface area contributed by atoms with Crippen LogP contribution < -0.4 is 26.0 Å². The number of hydrogen-bond donors (Lipinski definition) is 1. The SMILES string of the molecule is CCOc1ccccc1Cn1c(=O)c2cc(C(=O)NCc3ccc(OC)cc3)ccc2n(C)c1=O. The van der Waals surface area contributed by atoms with Gasteiger partial charge in [0.1, 0.15) is 11.5 Å². The highest BCUT2D eigenvalue weighted by molar-refractivity contribution is 5.97. The first-order valence-corrected chi connectivity index (χ1v) is 11.3. The van der Waals surface area contributed by atoms with Crippen LogP contribution in [0.2, 0.25) is 0 Å². The average molecular weight is 474 g/mol. The van der Waals surface area contributed by atoms with Crippen molar-refractivity contribution in [2.24, 2.45) is 7.05 Å². The van der Waals surface area contributed by atoms with Gasteiger partial charge in [-0.3, -0.25) is 18.7 Å². The molecular weight excluding hydrogens is 446 g/mol. The zero-order valence-corrected chi connectivity index (χ0v) is 19.9. The van der Waals surface area contributed by atoms with Gasteiger partial charge in [-0.2, -0.15) is 0 Å². The van der Waals surface area contributed by atoms with Gasteiger partial charge in [-0.1, -0.05) is 30.3 Å². The number of fused-ring (bicyclic) bond motifs is 1. The molecule has 0 aliphatic carbocycles. The molecule has 0 unspecified atom stereocenters. The molecule has 1 amide bonds. The second-order valence-electron chi connectivity index (χ2n) is 8.04. The molecule has 0 saturated carbocycles. The molecule has 4 rings (SSSR count). The Balaban J connectivity index is 1.65. The Morgan fingerprint density at radius 1 is 1.00 bits per heavy atom. The molecule has 0 atom stereocenters. The van der Waals surface area contributed by atoms with E-state index >= 15 is 0 Å². The van der Waals surface area contributed by atoms with E-state index in [9.17, 15) is 14.4 Å². The Labute approximate surface area is 202 Å². The molecule has 35 heavy (non-hydrogen) atoms. The summed E-state index contributed by atoms with van der Waals surface area (Å²) < 4.78 is 13.4. The van der Waals surface area contributed by atoms with Gasteiger partial charge in [-0.05, 0) is 48.9 Å². The lowest BCUT2D eigenvalue weighted by Gasteiger charge is -2.14. The maximum absolute atomic E-state index is 13.4. The standard InChI is InChI=1S/C27H27N3O5/c1-4-35-24-8-6-5-7-20(24)17-30-26(32)22-15-19(11-14-23(22)29(2)27(30)33)25(31)28-16-18-9-12-21(34-3)13-10-18/h5-15H,4,16-17H2,1-3H3,(H,28,31). The Bertz CT molecular complexity index is 1490. The van der Waals surface area contributed by atoms with Crippen molar-refractivity contribution in [1.82, 2.24) is 14.5 Å². The molecule has 0 bridgehead atoms. The van der Waals surface area contributed by atoms with E-state index in [0.717, 1.165) is 16.9 Å². The van der Waals surface area contributed by atoms with E-state index in [-0.39, 0.29) is 17.8 Å². The molecule has 0 fully saturated rings. The predicted molar refractivity (Wildman–Crippen MR) is 134 cm³/mol. The zero-order chi connectivity index (χ0) is 24.9. The Morgan fingerprint density at radius 2 is 1.74 bits per heavy atom. The summed E-state index contributed by atoms with van der Waals surface area (Å²) in [5.41, 5.74) is 1.53. The lowest BCUT2D eigenvalue weighted by atomic mass is 10.1.